The first-order chi connectivity index (χ1) is 15.9. The molecule has 0 bridgehead atoms. The Morgan fingerprint density at radius 1 is 0.970 bits per heavy atom. The van der Waals surface area contributed by atoms with E-state index in [1.807, 2.05) is 0 Å². The van der Waals surface area contributed by atoms with Gasteiger partial charge >= 0.3 is 0 Å². The predicted octanol–water partition coefficient (Wildman–Crippen LogP) is 2.49. The number of benzene rings is 1. The molecule has 3 aromatic heterocycles. The van der Waals surface area contributed by atoms with E-state index in [0.29, 0.717) is 41.0 Å². The van der Waals surface area contributed by atoms with Gasteiger partial charge in [0.15, 0.2) is 17.2 Å². The molecule has 33 heavy (non-hydrogen) atoms. The average molecular weight is 486 g/mol. The van der Waals surface area contributed by atoms with Crippen LogP contribution in [0.2, 0.25) is 0 Å². The summed E-state index contributed by atoms with van der Waals surface area (Å²) in [6.45, 7) is 0.391. The Morgan fingerprint density at radius 2 is 1.64 bits per heavy atom. The summed E-state index contributed by atoms with van der Waals surface area (Å²) in [5.41, 5.74) is 1.78. The van der Waals surface area contributed by atoms with Crippen molar-refractivity contribution in [2.45, 2.75) is 16.5 Å². The van der Waals surface area contributed by atoms with Crippen LogP contribution >= 0.6 is 11.8 Å². The third-order valence-electron chi connectivity index (χ3n) is 4.50. The lowest BCUT2D eigenvalue weighted by Crippen LogP contribution is -2.27. The zero-order chi connectivity index (χ0) is 23.3. The summed E-state index contributed by atoms with van der Waals surface area (Å²) in [5.74, 6) is 0.923. The van der Waals surface area contributed by atoms with E-state index in [9.17, 15) is 13.2 Å². The van der Waals surface area contributed by atoms with Gasteiger partial charge in [-0.3, -0.25) is 4.79 Å². The first kappa shape index (κ1) is 22.7. The minimum absolute atomic E-state index is 0.0484. The number of amides is 1. The van der Waals surface area contributed by atoms with Crippen LogP contribution in [0.4, 0.5) is 0 Å². The second-order valence-corrected chi connectivity index (χ2v) is 9.33. The molecule has 0 aliphatic rings. The molecule has 170 valence electrons. The standard InChI is InChI=1S/C21H19N5O5S2/c22-33(28,29)15-7-5-14(6-8-15)9-10-23-18(27)13-32-21-24-19(16-3-1-11-30-16)20(25-26-21)17-4-2-12-31-17/h1-8,11-12H,9-10,13H2,(H,23,27)(H2,22,28,29). The van der Waals surface area contributed by atoms with Gasteiger partial charge in [0.25, 0.3) is 0 Å². The maximum Gasteiger partial charge on any atom is 0.238 e. The van der Waals surface area contributed by atoms with E-state index in [-0.39, 0.29) is 16.6 Å². The number of carbonyl (C=O) groups excluding carboxylic acids is 1. The molecule has 0 unspecified atom stereocenters. The Bertz CT molecular complexity index is 1320. The molecule has 4 aromatic rings. The van der Waals surface area contributed by atoms with E-state index in [0.717, 1.165) is 17.3 Å². The number of hydrogen-bond acceptors (Lipinski definition) is 9. The van der Waals surface area contributed by atoms with Crippen molar-refractivity contribution in [3.63, 3.8) is 0 Å². The number of primary sulfonamides is 1. The first-order valence-corrected chi connectivity index (χ1v) is 12.3. The molecular formula is C21H19N5O5S2. The Balaban J connectivity index is 1.33. The minimum Gasteiger partial charge on any atom is -0.463 e. The van der Waals surface area contributed by atoms with Crippen LogP contribution in [-0.2, 0) is 21.2 Å². The van der Waals surface area contributed by atoms with Gasteiger partial charge in [-0.05, 0) is 48.4 Å². The van der Waals surface area contributed by atoms with Gasteiger partial charge in [0.1, 0.15) is 5.69 Å². The lowest BCUT2D eigenvalue weighted by Gasteiger charge is -2.07. The van der Waals surface area contributed by atoms with Crippen LogP contribution in [0, 0.1) is 0 Å². The molecule has 12 heteroatoms. The van der Waals surface area contributed by atoms with Crippen LogP contribution in [-0.4, -0.2) is 41.8 Å². The molecule has 3 heterocycles. The largest absolute Gasteiger partial charge is 0.463 e. The van der Waals surface area contributed by atoms with E-state index in [1.54, 1.807) is 36.4 Å². The summed E-state index contributed by atoms with van der Waals surface area (Å²) < 4.78 is 33.5. The summed E-state index contributed by atoms with van der Waals surface area (Å²) in [6, 6.07) is 13.2. The number of nitrogens with one attached hydrogen (secondary N) is 1. The van der Waals surface area contributed by atoms with Crippen LogP contribution in [0.15, 0.2) is 79.9 Å². The number of aromatic nitrogens is 3. The minimum atomic E-state index is -3.72. The van der Waals surface area contributed by atoms with E-state index in [2.05, 4.69) is 20.5 Å². The lowest BCUT2D eigenvalue weighted by atomic mass is 10.1. The van der Waals surface area contributed by atoms with E-state index < -0.39 is 10.0 Å². The highest BCUT2D eigenvalue weighted by molar-refractivity contribution is 7.99. The number of carbonyl (C=O) groups is 1. The number of rotatable bonds is 9. The van der Waals surface area contributed by atoms with Crippen LogP contribution in [0.3, 0.4) is 0 Å². The zero-order valence-electron chi connectivity index (χ0n) is 17.2. The molecule has 1 amide bonds. The van der Waals surface area contributed by atoms with Gasteiger partial charge in [-0.1, -0.05) is 23.9 Å². The summed E-state index contributed by atoms with van der Waals surface area (Å²) in [6.07, 6.45) is 3.61. The normalized spacial score (nSPS) is 11.4. The van der Waals surface area contributed by atoms with Gasteiger partial charge in [0, 0.05) is 6.54 Å². The maximum atomic E-state index is 12.2. The highest BCUT2D eigenvalue weighted by atomic mass is 32.2. The first-order valence-electron chi connectivity index (χ1n) is 9.74. The highest BCUT2D eigenvalue weighted by Crippen LogP contribution is 2.30. The number of nitrogens with two attached hydrogens (primary N) is 1. The molecule has 0 radical (unpaired) electrons. The monoisotopic (exact) mass is 485 g/mol. The van der Waals surface area contributed by atoms with Gasteiger partial charge in [-0.25, -0.2) is 18.5 Å². The van der Waals surface area contributed by atoms with Crippen LogP contribution in [0.1, 0.15) is 5.56 Å². The quantitative estimate of drug-likeness (QED) is 0.340. The summed E-state index contributed by atoms with van der Waals surface area (Å²) >= 11 is 1.15. The fourth-order valence-corrected chi connectivity index (χ4v) is 4.04. The van der Waals surface area contributed by atoms with Gasteiger partial charge in [-0.15, -0.1) is 10.2 Å². The second-order valence-electron chi connectivity index (χ2n) is 6.82. The SMILES string of the molecule is NS(=O)(=O)c1ccc(CCNC(=O)CSc2nnc(-c3ccco3)c(-c3ccco3)n2)cc1. The van der Waals surface area contributed by atoms with Crippen LogP contribution in [0.5, 0.6) is 0 Å². The van der Waals surface area contributed by atoms with Crippen molar-refractivity contribution in [1.29, 1.82) is 0 Å². The Hall–Kier alpha value is -3.48. The van der Waals surface area contributed by atoms with Gasteiger partial charge in [0.2, 0.25) is 21.1 Å². The third kappa shape index (κ3) is 5.86. The van der Waals surface area contributed by atoms with E-state index in [4.69, 9.17) is 14.0 Å². The molecule has 0 aliphatic heterocycles. The van der Waals surface area contributed by atoms with E-state index in [1.165, 1.54) is 24.7 Å². The Kier molecular flexibility index (Phi) is 6.87. The zero-order valence-corrected chi connectivity index (χ0v) is 18.8. The lowest BCUT2D eigenvalue weighted by molar-refractivity contribution is -0.118. The van der Waals surface area contributed by atoms with Crippen molar-refractivity contribution in [3.05, 3.63) is 66.6 Å². The number of hydrogen-bond donors (Lipinski definition) is 2. The second kappa shape index (κ2) is 9.98. The van der Waals surface area contributed by atoms with Gasteiger partial charge in [-0.2, -0.15) is 0 Å². The van der Waals surface area contributed by atoms with Crippen molar-refractivity contribution in [2.24, 2.45) is 5.14 Å². The summed E-state index contributed by atoms with van der Waals surface area (Å²) in [7, 11) is -3.72. The third-order valence-corrected chi connectivity index (χ3v) is 6.26. The van der Waals surface area contributed by atoms with Crippen molar-refractivity contribution in [2.75, 3.05) is 12.3 Å². The van der Waals surface area contributed by atoms with Crippen LogP contribution < -0.4 is 10.5 Å². The van der Waals surface area contributed by atoms with Crippen molar-refractivity contribution in [1.82, 2.24) is 20.5 Å². The molecule has 10 nitrogen and oxygen atoms in total. The fourth-order valence-electron chi connectivity index (χ4n) is 2.91. The van der Waals surface area contributed by atoms with Gasteiger partial charge in [0.05, 0.1) is 23.2 Å². The smallest absolute Gasteiger partial charge is 0.238 e. The molecule has 3 N–H and O–H groups in total. The molecule has 0 saturated carbocycles. The molecule has 0 spiro atoms. The molecule has 1 aromatic carbocycles. The Morgan fingerprint density at radius 3 is 2.24 bits per heavy atom. The molecule has 4 rings (SSSR count). The topological polar surface area (TPSA) is 154 Å². The van der Waals surface area contributed by atoms with Crippen molar-refractivity contribution < 1.29 is 22.0 Å². The summed E-state index contributed by atoms with van der Waals surface area (Å²) in [4.78, 5) is 16.8. The number of nitrogens with zero attached hydrogens (tertiary/aromatic N) is 3. The fraction of sp³-hybridized carbons (Fsp3) is 0.143. The number of thioether (sulfide) groups is 1. The average Bonchev–Trinajstić information content (AvgIpc) is 3.52. The molecule has 0 fully saturated rings. The highest BCUT2D eigenvalue weighted by Gasteiger charge is 2.18. The van der Waals surface area contributed by atoms with Crippen molar-refractivity contribution >= 4 is 27.7 Å². The predicted molar refractivity (Wildman–Crippen MR) is 120 cm³/mol. The van der Waals surface area contributed by atoms with Crippen molar-refractivity contribution in [3.8, 4) is 22.9 Å². The molecule has 0 saturated heterocycles. The van der Waals surface area contributed by atoms with Crippen LogP contribution in [0.25, 0.3) is 22.9 Å². The molecule has 0 atom stereocenters. The summed E-state index contributed by atoms with van der Waals surface area (Å²) in [5, 5.41) is 16.5. The van der Waals surface area contributed by atoms with E-state index >= 15 is 0 Å². The number of sulfonamides is 1. The Labute approximate surface area is 193 Å². The maximum absolute atomic E-state index is 12.2. The molecule has 0 aliphatic carbocycles. The molecular weight excluding hydrogens is 466 g/mol. The van der Waals surface area contributed by atoms with Gasteiger partial charge < -0.3 is 14.2 Å². The number of furan rings is 2.